The lowest BCUT2D eigenvalue weighted by Crippen LogP contribution is -2.25. The predicted octanol–water partition coefficient (Wildman–Crippen LogP) is 3.19. The van der Waals surface area contributed by atoms with Gasteiger partial charge in [-0.15, -0.1) is 0 Å². The van der Waals surface area contributed by atoms with E-state index in [0.717, 1.165) is 18.5 Å². The Kier molecular flexibility index (Phi) is 4.87. The van der Waals surface area contributed by atoms with Crippen LogP contribution < -0.4 is 5.32 Å². The maximum absolute atomic E-state index is 12.9. The van der Waals surface area contributed by atoms with E-state index in [-0.39, 0.29) is 12.2 Å². The number of anilines is 1. The highest BCUT2D eigenvalue weighted by molar-refractivity contribution is 5.92. The van der Waals surface area contributed by atoms with Crippen LogP contribution in [-0.4, -0.2) is 15.7 Å². The van der Waals surface area contributed by atoms with Gasteiger partial charge in [-0.25, -0.2) is 4.39 Å². The number of benzene rings is 1. The molecule has 1 N–H and O–H groups in total. The largest absolute Gasteiger partial charge is 0.417 e. The van der Waals surface area contributed by atoms with Crippen LogP contribution in [-0.2, 0) is 17.5 Å². The monoisotopic (exact) mass is 340 g/mol. The molecule has 1 heterocycles. The fraction of sp³-hybridized carbons (Fsp3) is 0.267. The summed E-state index contributed by atoms with van der Waals surface area (Å²) in [7, 11) is 0. The number of alkyl halides is 3. The van der Waals surface area contributed by atoms with E-state index in [1.165, 1.54) is 23.7 Å². The van der Waals surface area contributed by atoms with Crippen LogP contribution in [0.5, 0.6) is 0 Å². The fourth-order valence-electron chi connectivity index (χ4n) is 2.02. The second kappa shape index (κ2) is 6.70. The molecule has 24 heavy (non-hydrogen) atoms. The summed E-state index contributed by atoms with van der Waals surface area (Å²) in [6.07, 6.45) is -2.61. The Morgan fingerprint density at radius 3 is 2.71 bits per heavy atom. The molecule has 1 aromatic carbocycles. The molecule has 0 aliphatic rings. The molecule has 9 heteroatoms. The highest BCUT2D eigenvalue weighted by atomic mass is 19.4. The zero-order chi connectivity index (χ0) is 17.9. The molecule has 1 atom stereocenters. The lowest BCUT2D eigenvalue weighted by molar-refractivity contribution is -0.137. The van der Waals surface area contributed by atoms with Crippen molar-refractivity contribution in [1.29, 1.82) is 5.26 Å². The van der Waals surface area contributed by atoms with E-state index in [9.17, 15) is 22.4 Å². The van der Waals surface area contributed by atoms with Gasteiger partial charge in [0.05, 0.1) is 42.1 Å². The molecule has 0 bridgehead atoms. The number of rotatable bonds is 4. The Hall–Kier alpha value is -2.89. The molecule has 0 saturated heterocycles. The van der Waals surface area contributed by atoms with Gasteiger partial charge < -0.3 is 5.32 Å². The van der Waals surface area contributed by atoms with Gasteiger partial charge in [0.25, 0.3) is 0 Å². The van der Waals surface area contributed by atoms with Crippen LogP contribution in [0.1, 0.15) is 18.1 Å². The molecular weight excluding hydrogens is 328 g/mol. The summed E-state index contributed by atoms with van der Waals surface area (Å²) >= 11 is 0. The zero-order valence-electron chi connectivity index (χ0n) is 12.4. The lowest BCUT2D eigenvalue weighted by Gasteiger charge is -2.14. The average molecular weight is 340 g/mol. The van der Waals surface area contributed by atoms with Gasteiger partial charge in [-0.05, 0) is 18.2 Å². The lowest BCUT2D eigenvalue weighted by atomic mass is 10.1. The molecule has 126 valence electrons. The number of hydrogen-bond acceptors (Lipinski definition) is 3. The molecule has 0 aliphatic carbocycles. The summed E-state index contributed by atoms with van der Waals surface area (Å²) in [5.74, 6) is -1.76. The van der Waals surface area contributed by atoms with Crippen LogP contribution in [0.25, 0.3) is 0 Å². The third kappa shape index (κ3) is 4.10. The van der Waals surface area contributed by atoms with Gasteiger partial charge in [-0.2, -0.15) is 23.5 Å². The van der Waals surface area contributed by atoms with Gasteiger partial charge in [0.15, 0.2) is 5.82 Å². The SMILES string of the molecule is C[C@H](Cn1cc(F)cn1)C(=O)Nc1ccc(C#N)c(C(F)(F)F)c1. The summed E-state index contributed by atoms with van der Waals surface area (Å²) < 4.78 is 52.7. The van der Waals surface area contributed by atoms with E-state index in [2.05, 4.69) is 10.4 Å². The van der Waals surface area contributed by atoms with Crippen LogP contribution in [0.15, 0.2) is 30.6 Å². The number of carbonyl (C=O) groups excluding carboxylic acids is 1. The van der Waals surface area contributed by atoms with E-state index < -0.39 is 34.9 Å². The van der Waals surface area contributed by atoms with Gasteiger partial charge in [0, 0.05) is 5.69 Å². The number of aromatic nitrogens is 2. The van der Waals surface area contributed by atoms with Crippen molar-refractivity contribution in [2.24, 2.45) is 5.92 Å². The standard InChI is InChI=1S/C15H12F4N4O/c1-9(7-23-8-11(16)6-21-23)14(24)22-12-3-2-10(5-20)13(4-12)15(17,18)19/h2-4,6,8-9H,7H2,1H3,(H,22,24)/t9-/m1/s1. The van der Waals surface area contributed by atoms with Crippen LogP contribution in [0.4, 0.5) is 23.2 Å². The number of amides is 1. The molecule has 0 unspecified atom stereocenters. The Labute approximate surface area is 134 Å². The molecular formula is C15H12F4N4O. The van der Waals surface area contributed by atoms with Gasteiger partial charge in [-0.1, -0.05) is 6.92 Å². The van der Waals surface area contributed by atoms with Crippen molar-refractivity contribution < 1.29 is 22.4 Å². The highest BCUT2D eigenvalue weighted by Crippen LogP contribution is 2.33. The van der Waals surface area contributed by atoms with Crippen molar-refractivity contribution in [1.82, 2.24) is 9.78 Å². The van der Waals surface area contributed by atoms with Crippen LogP contribution in [0, 0.1) is 23.1 Å². The maximum atomic E-state index is 12.9. The molecule has 5 nitrogen and oxygen atoms in total. The number of nitriles is 1. The first-order valence-corrected chi connectivity index (χ1v) is 6.81. The number of nitrogens with zero attached hydrogens (tertiary/aromatic N) is 3. The third-order valence-corrected chi connectivity index (χ3v) is 3.22. The van der Waals surface area contributed by atoms with E-state index in [1.807, 2.05) is 0 Å². The number of carbonyl (C=O) groups is 1. The second-order valence-electron chi connectivity index (χ2n) is 5.14. The summed E-state index contributed by atoms with van der Waals surface area (Å²) in [5, 5.41) is 14.8. The summed E-state index contributed by atoms with van der Waals surface area (Å²) in [6, 6.07) is 4.37. The van der Waals surface area contributed by atoms with Gasteiger partial charge in [0.1, 0.15) is 0 Å². The fourth-order valence-corrected chi connectivity index (χ4v) is 2.02. The second-order valence-corrected chi connectivity index (χ2v) is 5.14. The Morgan fingerprint density at radius 1 is 1.46 bits per heavy atom. The first-order valence-electron chi connectivity index (χ1n) is 6.81. The summed E-state index contributed by atoms with van der Waals surface area (Å²) in [5.41, 5.74) is -1.73. The van der Waals surface area contributed by atoms with Crippen LogP contribution in [0.3, 0.4) is 0 Å². The number of nitrogens with one attached hydrogen (secondary N) is 1. The van der Waals surface area contributed by atoms with E-state index >= 15 is 0 Å². The van der Waals surface area contributed by atoms with Crippen molar-refractivity contribution in [3.05, 3.63) is 47.5 Å². The molecule has 0 aliphatic heterocycles. The molecule has 0 saturated carbocycles. The summed E-state index contributed by atoms with van der Waals surface area (Å²) in [4.78, 5) is 12.0. The van der Waals surface area contributed by atoms with Crippen molar-refractivity contribution in [3.8, 4) is 6.07 Å². The first kappa shape index (κ1) is 17.5. The van der Waals surface area contributed by atoms with Gasteiger partial charge >= 0.3 is 6.18 Å². The number of halogens is 4. The maximum Gasteiger partial charge on any atom is 0.417 e. The van der Waals surface area contributed by atoms with Crippen molar-refractivity contribution in [2.75, 3.05) is 5.32 Å². The quantitative estimate of drug-likeness (QED) is 0.869. The third-order valence-electron chi connectivity index (χ3n) is 3.22. The minimum Gasteiger partial charge on any atom is -0.326 e. The van der Waals surface area contributed by atoms with E-state index in [4.69, 9.17) is 5.26 Å². The topological polar surface area (TPSA) is 70.7 Å². The van der Waals surface area contributed by atoms with E-state index in [1.54, 1.807) is 0 Å². The molecule has 2 rings (SSSR count). The Morgan fingerprint density at radius 2 is 2.17 bits per heavy atom. The molecule has 0 spiro atoms. The average Bonchev–Trinajstić information content (AvgIpc) is 2.91. The molecule has 1 amide bonds. The van der Waals surface area contributed by atoms with Crippen molar-refractivity contribution in [3.63, 3.8) is 0 Å². The van der Waals surface area contributed by atoms with E-state index in [0.29, 0.717) is 6.07 Å². The highest BCUT2D eigenvalue weighted by Gasteiger charge is 2.34. The molecule has 0 fully saturated rings. The normalized spacial score (nSPS) is 12.5. The van der Waals surface area contributed by atoms with Crippen molar-refractivity contribution >= 4 is 11.6 Å². The van der Waals surface area contributed by atoms with Crippen molar-refractivity contribution in [2.45, 2.75) is 19.6 Å². The predicted molar refractivity (Wildman–Crippen MR) is 76.1 cm³/mol. The molecule has 1 aromatic heterocycles. The smallest absolute Gasteiger partial charge is 0.326 e. The van der Waals surface area contributed by atoms with Gasteiger partial charge in [0.2, 0.25) is 5.91 Å². The van der Waals surface area contributed by atoms with Crippen LogP contribution in [0.2, 0.25) is 0 Å². The van der Waals surface area contributed by atoms with Crippen LogP contribution >= 0.6 is 0 Å². The molecule has 2 aromatic rings. The van der Waals surface area contributed by atoms with Gasteiger partial charge in [-0.3, -0.25) is 9.48 Å². The summed E-state index contributed by atoms with van der Waals surface area (Å²) in [6.45, 7) is 1.60. The molecule has 0 radical (unpaired) electrons. The minimum atomic E-state index is -4.70. The number of hydrogen-bond donors (Lipinski definition) is 1. The minimum absolute atomic E-state index is 0.0676. The first-order chi connectivity index (χ1) is 11.2. The Bertz CT molecular complexity index is 792. The Balaban J connectivity index is 2.12. The zero-order valence-corrected chi connectivity index (χ0v) is 12.4.